The molecule has 1 aliphatic carbocycles. The van der Waals surface area contributed by atoms with E-state index in [0.29, 0.717) is 58.2 Å². The van der Waals surface area contributed by atoms with E-state index < -0.39 is 5.60 Å². The first-order valence-corrected chi connectivity index (χ1v) is 16.3. The van der Waals surface area contributed by atoms with Gasteiger partial charge in [-0.15, -0.1) is 0 Å². The number of hydrogen-bond acceptors (Lipinski definition) is 10. The lowest BCUT2D eigenvalue weighted by Gasteiger charge is -2.35. The predicted molar refractivity (Wildman–Crippen MR) is 173 cm³/mol. The molecule has 0 atom stereocenters. The van der Waals surface area contributed by atoms with Crippen LogP contribution in [-0.2, 0) is 48.4 Å². The van der Waals surface area contributed by atoms with Gasteiger partial charge in [-0.3, -0.25) is 14.4 Å². The van der Waals surface area contributed by atoms with Crippen LogP contribution in [0.4, 0.5) is 10.7 Å². The quantitative estimate of drug-likeness (QED) is 0.309. The van der Waals surface area contributed by atoms with Crippen molar-refractivity contribution >= 4 is 17.9 Å². The standard InChI is InChI=1S/C33H41N11O3/c1-33(2,3)47-32(46)42-12-10-41(11-13-42)19-28-26(18-44(39-28)21-30(45)43-9-8-27-29(20-43)38-40-37-27)24-16-34-31(35-17-24)36-25-14-22-6-4-5-7-23(22)15-25/h4-7,16-18,25H,8-15,19-21H2,1-3H3,(H,34,35,36)(H,37,38,40). The van der Waals surface area contributed by atoms with Crippen LogP contribution in [0.3, 0.4) is 0 Å². The minimum absolute atomic E-state index is 0.0291. The van der Waals surface area contributed by atoms with Crippen LogP contribution >= 0.6 is 0 Å². The molecule has 1 fully saturated rings. The fourth-order valence-electron chi connectivity index (χ4n) is 6.47. The number of aromatic nitrogens is 7. The third-order valence-electron chi connectivity index (χ3n) is 8.89. The number of aromatic amines is 1. The summed E-state index contributed by atoms with van der Waals surface area (Å²) in [6, 6.07) is 8.78. The van der Waals surface area contributed by atoms with E-state index in [-0.39, 0.29) is 24.6 Å². The van der Waals surface area contributed by atoms with Crippen LogP contribution in [0.15, 0.2) is 42.9 Å². The largest absolute Gasteiger partial charge is 0.444 e. The Morgan fingerprint density at radius 3 is 2.36 bits per heavy atom. The Balaban J connectivity index is 1.05. The molecule has 0 unspecified atom stereocenters. The molecule has 0 saturated carbocycles. The van der Waals surface area contributed by atoms with E-state index in [1.54, 1.807) is 14.5 Å². The van der Waals surface area contributed by atoms with E-state index in [1.165, 1.54) is 11.1 Å². The lowest BCUT2D eigenvalue weighted by Crippen LogP contribution is -2.49. The Labute approximate surface area is 273 Å². The Kier molecular flexibility index (Phi) is 8.35. The number of amides is 2. The van der Waals surface area contributed by atoms with Crippen molar-refractivity contribution in [3.63, 3.8) is 0 Å². The van der Waals surface area contributed by atoms with Gasteiger partial charge >= 0.3 is 6.09 Å². The number of rotatable bonds is 7. The number of carbonyl (C=O) groups excluding carboxylic acids is 2. The highest BCUT2D eigenvalue weighted by Crippen LogP contribution is 2.27. The molecule has 1 saturated heterocycles. The fourth-order valence-corrected chi connectivity index (χ4v) is 6.47. The predicted octanol–water partition coefficient (Wildman–Crippen LogP) is 2.68. The number of anilines is 1. The van der Waals surface area contributed by atoms with Crippen LogP contribution < -0.4 is 5.32 Å². The Hall–Kier alpha value is -4.85. The van der Waals surface area contributed by atoms with Crippen LogP contribution in [0, 0.1) is 0 Å². The van der Waals surface area contributed by atoms with Gasteiger partial charge in [0.2, 0.25) is 11.9 Å². The highest BCUT2D eigenvalue weighted by atomic mass is 16.6. The molecule has 3 aliphatic rings. The molecule has 4 aromatic rings. The Bertz CT molecular complexity index is 1710. The number of fused-ring (bicyclic) bond motifs is 2. The molecule has 2 amide bonds. The van der Waals surface area contributed by atoms with E-state index in [9.17, 15) is 9.59 Å². The van der Waals surface area contributed by atoms with Crippen molar-refractivity contribution in [3.05, 3.63) is 71.1 Å². The first kappa shape index (κ1) is 30.8. The molecule has 14 heteroatoms. The van der Waals surface area contributed by atoms with Gasteiger partial charge in [-0.25, -0.2) is 14.8 Å². The number of hydrogen-bond donors (Lipinski definition) is 2. The summed E-state index contributed by atoms with van der Waals surface area (Å²) < 4.78 is 7.28. The number of ether oxygens (including phenoxy) is 1. The van der Waals surface area contributed by atoms with Crippen molar-refractivity contribution in [3.8, 4) is 11.1 Å². The molecule has 2 N–H and O–H groups in total. The van der Waals surface area contributed by atoms with Crippen LogP contribution in [0.25, 0.3) is 11.1 Å². The van der Waals surface area contributed by atoms with Gasteiger partial charge < -0.3 is 19.9 Å². The third-order valence-corrected chi connectivity index (χ3v) is 8.89. The molecule has 246 valence electrons. The van der Waals surface area contributed by atoms with Crippen molar-refractivity contribution in [1.82, 2.24) is 49.9 Å². The number of nitrogens with zero attached hydrogens (tertiary/aromatic N) is 9. The fraction of sp³-hybridized carbons (Fsp3) is 0.485. The van der Waals surface area contributed by atoms with Gasteiger partial charge in [0.1, 0.15) is 17.8 Å². The topological polar surface area (TPSA) is 150 Å². The zero-order valence-electron chi connectivity index (χ0n) is 27.1. The first-order chi connectivity index (χ1) is 22.7. The maximum Gasteiger partial charge on any atom is 0.410 e. The maximum absolute atomic E-state index is 13.4. The SMILES string of the molecule is CC(C)(C)OC(=O)N1CCN(Cc2nn(CC(=O)N3CCc4n[nH]nc4C3)cc2-c2cnc(NC3Cc4ccccc4C3)nc2)CC1. The summed E-state index contributed by atoms with van der Waals surface area (Å²) in [6.45, 7) is 9.82. The molecule has 5 heterocycles. The summed E-state index contributed by atoms with van der Waals surface area (Å²) in [4.78, 5) is 41.1. The molecular formula is C33H41N11O3. The molecule has 47 heavy (non-hydrogen) atoms. The number of carbonyl (C=O) groups is 2. The summed E-state index contributed by atoms with van der Waals surface area (Å²) in [5.74, 6) is 0.560. The summed E-state index contributed by atoms with van der Waals surface area (Å²) in [5.41, 5.74) is 6.47. The smallest absolute Gasteiger partial charge is 0.410 e. The highest BCUT2D eigenvalue weighted by molar-refractivity contribution is 5.76. The molecule has 1 aromatic carbocycles. The second-order valence-electron chi connectivity index (χ2n) is 13.5. The molecule has 14 nitrogen and oxygen atoms in total. The average Bonchev–Trinajstić information content (AvgIpc) is 3.79. The Morgan fingerprint density at radius 2 is 1.66 bits per heavy atom. The normalized spacial score (nSPS) is 17.0. The van der Waals surface area contributed by atoms with Crippen LogP contribution in [0.5, 0.6) is 0 Å². The number of benzene rings is 1. The molecule has 7 rings (SSSR count). The van der Waals surface area contributed by atoms with Crippen molar-refractivity contribution in [2.24, 2.45) is 0 Å². The van der Waals surface area contributed by atoms with Gasteiger partial charge in [-0.05, 0) is 44.7 Å². The number of nitrogens with one attached hydrogen (secondary N) is 2. The monoisotopic (exact) mass is 639 g/mol. The summed E-state index contributed by atoms with van der Waals surface area (Å²) in [6.07, 6.45) is 7.83. The van der Waals surface area contributed by atoms with E-state index in [4.69, 9.17) is 9.84 Å². The van der Waals surface area contributed by atoms with Crippen molar-refractivity contribution in [1.29, 1.82) is 0 Å². The van der Waals surface area contributed by atoms with E-state index in [2.05, 4.69) is 59.9 Å². The molecule has 0 bridgehead atoms. The van der Waals surface area contributed by atoms with E-state index >= 15 is 0 Å². The van der Waals surface area contributed by atoms with Crippen LogP contribution in [0.2, 0.25) is 0 Å². The molecule has 2 aliphatic heterocycles. The molecule has 0 spiro atoms. The average molecular weight is 640 g/mol. The van der Waals surface area contributed by atoms with Crippen molar-refractivity contribution < 1.29 is 14.3 Å². The number of piperazine rings is 1. The van der Waals surface area contributed by atoms with E-state index in [0.717, 1.165) is 41.1 Å². The van der Waals surface area contributed by atoms with Gasteiger partial charge in [-0.1, -0.05) is 24.3 Å². The van der Waals surface area contributed by atoms with Crippen LogP contribution in [-0.4, -0.2) is 106 Å². The van der Waals surface area contributed by atoms with Gasteiger partial charge in [0, 0.05) is 81.4 Å². The second-order valence-corrected chi connectivity index (χ2v) is 13.5. The lowest BCUT2D eigenvalue weighted by atomic mass is 10.1. The minimum Gasteiger partial charge on any atom is -0.444 e. The summed E-state index contributed by atoms with van der Waals surface area (Å²) in [5, 5.41) is 19.4. The lowest BCUT2D eigenvalue weighted by molar-refractivity contribution is -0.133. The van der Waals surface area contributed by atoms with Crippen molar-refractivity contribution in [2.75, 3.05) is 38.0 Å². The van der Waals surface area contributed by atoms with E-state index in [1.807, 2.05) is 39.4 Å². The van der Waals surface area contributed by atoms with Gasteiger partial charge in [0.05, 0.1) is 17.9 Å². The second kappa shape index (κ2) is 12.7. The number of H-pyrrole nitrogens is 1. The zero-order valence-corrected chi connectivity index (χ0v) is 27.1. The van der Waals surface area contributed by atoms with Gasteiger partial charge in [-0.2, -0.15) is 20.5 Å². The van der Waals surface area contributed by atoms with Crippen molar-refractivity contribution in [2.45, 2.75) is 71.3 Å². The van der Waals surface area contributed by atoms with Gasteiger partial charge in [0.25, 0.3) is 0 Å². The third kappa shape index (κ3) is 7.12. The first-order valence-electron chi connectivity index (χ1n) is 16.3. The summed E-state index contributed by atoms with van der Waals surface area (Å²) in [7, 11) is 0. The molecular weight excluding hydrogens is 598 g/mol. The van der Waals surface area contributed by atoms with Crippen LogP contribution in [0.1, 0.15) is 49.0 Å². The molecule has 3 aromatic heterocycles. The molecule has 0 radical (unpaired) electrons. The Morgan fingerprint density at radius 1 is 0.957 bits per heavy atom. The highest BCUT2D eigenvalue weighted by Gasteiger charge is 2.28. The maximum atomic E-state index is 13.4. The minimum atomic E-state index is -0.534. The summed E-state index contributed by atoms with van der Waals surface area (Å²) >= 11 is 0. The zero-order chi connectivity index (χ0) is 32.5. The van der Waals surface area contributed by atoms with Gasteiger partial charge in [0.15, 0.2) is 0 Å².